The van der Waals surface area contributed by atoms with Crippen molar-refractivity contribution in [3.05, 3.63) is 29.3 Å². The molecule has 1 aliphatic rings. The van der Waals surface area contributed by atoms with Crippen LogP contribution in [0.25, 0.3) is 0 Å². The second-order valence-electron chi connectivity index (χ2n) is 5.49. The molecule has 0 amide bonds. The Hall–Kier alpha value is -1.55. The molecule has 2 N–H and O–H groups in total. The molecule has 1 aromatic carbocycles. The van der Waals surface area contributed by atoms with E-state index in [4.69, 9.17) is 0 Å². The minimum atomic E-state index is -0.724. The lowest BCUT2D eigenvalue weighted by Crippen LogP contribution is -2.36. The minimum Gasteiger partial charge on any atom is -0.481 e. The van der Waals surface area contributed by atoms with Crippen molar-refractivity contribution in [3.8, 4) is 0 Å². The Bertz CT molecular complexity index is 453. The zero-order valence-electron chi connectivity index (χ0n) is 11.8. The summed E-state index contributed by atoms with van der Waals surface area (Å²) in [4.78, 5) is 13.5. The van der Waals surface area contributed by atoms with E-state index in [0.29, 0.717) is 19.1 Å². The SMILES string of the molecule is Cc1cccc(C)c1N1CC(C)NCC(C(=O)O)C1. The maximum Gasteiger partial charge on any atom is 0.309 e. The van der Waals surface area contributed by atoms with Crippen LogP contribution in [-0.2, 0) is 4.79 Å². The Balaban J connectivity index is 2.33. The van der Waals surface area contributed by atoms with Crippen LogP contribution >= 0.6 is 0 Å². The summed E-state index contributed by atoms with van der Waals surface area (Å²) in [6.07, 6.45) is 0. The van der Waals surface area contributed by atoms with Crippen LogP contribution < -0.4 is 10.2 Å². The van der Waals surface area contributed by atoms with Gasteiger partial charge in [0.05, 0.1) is 5.92 Å². The summed E-state index contributed by atoms with van der Waals surface area (Å²) in [5, 5.41) is 12.6. The molecule has 0 saturated carbocycles. The molecule has 1 saturated heterocycles. The number of carboxylic acids is 1. The first-order valence-electron chi connectivity index (χ1n) is 6.76. The maximum atomic E-state index is 11.3. The average molecular weight is 262 g/mol. The summed E-state index contributed by atoms with van der Waals surface area (Å²) in [5.74, 6) is -1.08. The van der Waals surface area contributed by atoms with E-state index < -0.39 is 5.97 Å². The molecule has 0 radical (unpaired) electrons. The lowest BCUT2D eigenvalue weighted by atomic mass is 10.1. The first kappa shape index (κ1) is 13.9. The number of nitrogens with zero attached hydrogens (tertiary/aromatic N) is 1. The van der Waals surface area contributed by atoms with Crippen molar-refractivity contribution in [1.29, 1.82) is 0 Å². The highest BCUT2D eigenvalue weighted by molar-refractivity contribution is 5.72. The Morgan fingerprint density at radius 2 is 1.95 bits per heavy atom. The van der Waals surface area contributed by atoms with Gasteiger partial charge in [0.25, 0.3) is 0 Å². The van der Waals surface area contributed by atoms with Crippen LogP contribution in [0.3, 0.4) is 0 Å². The highest BCUT2D eigenvalue weighted by Crippen LogP contribution is 2.26. The molecule has 1 heterocycles. The molecular weight excluding hydrogens is 240 g/mol. The number of para-hydroxylation sites is 1. The van der Waals surface area contributed by atoms with Gasteiger partial charge in [0.2, 0.25) is 0 Å². The largest absolute Gasteiger partial charge is 0.481 e. The Labute approximate surface area is 114 Å². The summed E-state index contributed by atoms with van der Waals surface area (Å²) in [5.41, 5.74) is 3.60. The fourth-order valence-corrected chi connectivity index (χ4v) is 2.80. The Kier molecular flexibility index (Phi) is 4.10. The van der Waals surface area contributed by atoms with Crippen molar-refractivity contribution in [2.24, 2.45) is 5.92 Å². The van der Waals surface area contributed by atoms with Crippen LogP contribution in [0.1, 0.15) is 18.1 Å². The number of hydrogen-bond donors (Lipinski definition) is 2. The normalized spacial score (nSPS) is 24.1. The van der Waals surface area contributed by atoms with E-state index in [1.165, 1.54) is 16.8 Å². The Morgan fingerprint density at radius 3 is 2.53 bits per heavy atom. The molecule has 0 bridgehead atoms. The maximum absolute atomic E-state index is 11.3. The number of aryl methyl sites for hydroxylation is 2. The molecule has 0 aromatic heterocycles. The number of carboxylic acid groups (broad SMARTS) is 1. The third kappa shape index (κ3) is 3.07. The second-order valence-corrected chi connectivity index (χ2v) is 5.49. The van der Waals surface area contributed by atoms with E-state index >= 15 is 0 Å². The van der Waals surface area contributed by atoms with Gasteiger partial charge in [-0.15, -0.1) is 0 Å². The summed E-state index contributed by atoms with van der Waals surface area (Å²) in [7, 11) is 0. The molecular formula is C15H22N2O2. The number of nitrogens with one attached hydrogen (secondary N) is 1. The van der Waals surface area contributed by atoms with Gasteiger partial charge in [0.1, 0.15) is 0 Å². The third-order valence-corrected chi connectivity index (χ3v) is 3.75. The standard InChI is InChI=1S/C15H22N2O2/c1-10-5-4-6-11(2)14(10)17-8-12(3)16-7-13(9-17)15(18)19/h4-6,12-13,16H,7-9H2,1-3H3,(H,18,19). The Morgan fingerprint density at radius 1 is 1.32 bits per heavy atom. The third-order valence-electron chi connectivity index (χ3n) is 3.75. The van der Waals surface area contributed by atoms with E-state index in [-0.39, 0.29) is 5.92 Å². The van der Waals surface area contributed by atoms with E-state index in [1.807, 2.05) is 6.07 Å². The molecule has 19 heavy (non-hydrogen) atoms. The van der Waals surface area contributed by atoms with Gasteiger partial charge in [0, 0.05) is 31.4 Å². The van der Waals surface area contributed by atoms with Crippen molar-refractivity contribution < 1.29 is 9.90 Å². The summed E-state index contributed by atoms with van der Waals surface area (Å²) < 4.78 is 0. The highest BCUT2D eigenvalue weighted by Gasteiger charge is 2.27. The van der Waals surface area contributed by atoms with Gasteiger partial charge < -0.3 is 15.3 Å². The molecule has 4 heteroatoms. The summed E-state index contributed by atoms with van der Waals surface area (Å²) in [6.45, 7) is 8.22. The minimum absolute atomic E-state index is 0.295. The van der Waals surface area contributed by atoms with Crippen molar-refractivity contribution in [2.75, 3.05) is 24.5 Å². The quantitative estimate of drug-likeness (QED) is 0.853. The van der Waals surface area contributed by atoms with Crippen LogP contribution in [0.2, 0.25) is 0 Å². The van der Waals surface area contributed by atoms with Gasteiger partial charge in [0.15, 0.2) is 0 Å². The molecule has 1 aromatic rings. The molecule has 2 rings (SSSR count). The molecule has 0 spiro atoms. The van der Waals surface area contributed by atoms with Gasteiger partial charge in [-0.05, 0) is 31.9 Å². The molecule has 104 valence electrons. The lowest BCUT2D eigenvalue weighted by Gasteiger charge is -2.29. The fraction of sp³-hybridized carbons (Fsp3) is 0.533. The molecule has 2 atom stereocenters. The van der Waals surface area contributed by atoms with Gasteiger partial charge in [-0.1, -0.05) is 18.2 Å². The smallest absolute Gasteiger partial charge is 0.309 e. The zero-order valence-corrected chi connectivity index (χ0v) is 11.8. The number of rotatable bonds is 2. The summed E-state index contributed by atoms with van der Waals surface area (Å²) >= 11 is 0. The zero-order chi connectivity index (χ0) is 14.0. The van der Waals surface area contributed by atoms with Gasteiger partial charge >= 0.3 is 5.97 Å². The number of carbonyl (C=O) groups is 1. The van der Waals surface area contributed by atoms with Crippen LogP contribution in [-0.4, -0.2) is 36.8 Å². The average Bonchev–Trinajstić information content (AvgIpc) is 2.51. The summed E-state index contributed by atoms with van der Waals surface area (Å²) in [6, 6.07) is 6.51. The topological polar surface area (TPSA) is 52.6 Å². The molecule has 1 fully saturated rings. The van der Waals surface area contributed by atoms with Crippen LogP contribution in [0.5, 0.6) is 0 Å². The fourth-order valence-electron chi connectivity index (χ4n) is 2.80. The second kappa shape index (κ2) is 5.61. The van der Waals surface area contributed by atoms with E-state index in [1.54, 1.807) is 0 Å². The number of aliphatic carboxylic acids is 1. The van der Waals surface area contributed by atoms with Gasteiger partial charge in [-0.3, -0.25) is 4.79 Å². The first-order valence-corrected chi connectivity index (χ1v) is 6.76. The van der Waals surface area contributed by atoms with E-state index in [9.17, 15) is 9.90 Å². The molecule has 4 nitrogen and oxygen atoms in total. The van der Waals surface area contributed by atoms with Crippen LogP contribution in [0.15, 0.2) is 18.2 Å². The molecule has 0 aliphatic carbocycles. The van der Waals surface area contributed by atoms with Crippen molar-refractivity contribution in [1.82, 2.24) is 5.32 Å². The molecule has 2 unspecified atom stereocenters. The first-order chi connectivity index (χ1) is 8.99. The van der Waals surface area contributed by atoms with Crippen molar-refractivity contribution in [3.63, 3.8) is 0 Å². The van der Waals surface area contributed by atoms with Crippen LogP contribution in [0, 0.1) is 19.8 Å². The van der Waals surface area contributed by atoms with Gasteiger partial charge in [-0.2, -0.15) is 0 Å². The van der Waals surface area contributed by atoms with Gasteiger partial charge in [-0.25, -0.2) is 0 Å². The van der Waals surface area contributed by atoms with Crippen molar-refractivity contribution in [2.45, 2.75) is 26.8 Å². The number of anilines is 1. The predicted molar refractivity (Wildman–Crippen MR) is 76.7 cm³/mol. The molecule has 1 aliphatic heterocycles. The lowest BCUT2D eigenvalue weighted by molar-refractivity contribution is -0.141. The highest BCUT2D eigenvalue weighted by atomic mass is 16.4. The van der Waals surface area contributed by atoms with Crippen molar-refractivity contribution >= 4 is 11.7 Å². The predicted octanol–water partition coefficient (Wildman–Crippen LogP) is 1.80. The number of hydrogen-bond acceptors (Lipinski definition) is 3. The van der Waals surface area contributed by atoms with E-state index in [2.05, 4.69) is 43.1 Å². The number of benzene rings is 1. The van der Waals surface area contributed by atoms with E-state index in [0.717, 1.165) is 6.54 Å². The van der Waals surface area contributed by atoms with Crippen LogP contribution in [0.4, 0.5) is 5.69 Å². The monoisotopic (exact) mass is 262 g/mol.